The van der Waals surface area contributed by atoms with E-state index in [0.29, 0.717) is 28.2 Å². The molecule has 0 radical (unpaired) electrons. The predicted molar refractivity (Wildman–Crippen MR) is 81.0 cm³/mol. The van der Waals surface area contributed by atoms with E-state index >= 15 is 0 Å². The van der Waals surface area contributed by atoms with E-state index in [0.717, 1.165) is 17.0 Å². The second-order valence-electron chi connectivity index (χ2n) is 4.20. The summed E-state index contributed by atoms with van der Waals surface area (Å²) in [5.41, 5.74) is 2.79. The van der Waals surface area contributed by atoms with E-state index in [1.165, 1.54) is 0 Å². The molecule has 1 N–H and O–H groups in total. The Morgan fingerprint density at radius 1 is 1.00 bits per heavy atom. The fourth-order valence-corrected chi connectivity index (χ4v) is 2.43. The highest BCUT2D eigenvalue weighted by Crippen LogP contribution is 2.31. The van der Waals surface area contributed by atoms with Gasteiger partial charge < -0.3 is 5.32 Å². The van der Waals surface area contributed by atoms with Crippen molar-refractivity contribution >= 4 is 34.8 Å². The maximum absolute atomic E-state index is 6.13. The molecule has 0 bridgehead atoms. The molecule has 0 aliphatic carbocycles. The van der Waals surface area contributed by atoms with Crippen LogP contribution in [0.2, 0.25) is 15.1 Å². The van der Waals surface area contributed by atoms with Gasteiger partial charge in [-0.3, -0.25) is 4.98 Å². The van der Waals surface area contributed by atoms with Crippen LogP contribution in [0.4, 0.5) is 0 Å². The Morgan fingerprint density at radius 3 is 2.47 bits per heavy atom. The lowest BCUT2D eigenvalue weighted by atomic mass is 10.2. The fourth-order valence-electron chi connectivity index (χ4n) is 1.74. The van der Waals surface area contributed by atoms with E-state index in [9.17, 15) is 0 Å². The van der Waals surface area contributed by atoms with Crippen molar-refractivity contribution in [3.05, 3.63) is 62.4 Å². The Hall–Kier alpha value is -0.800. The van der Waals surface area contributed by atoms with Crippen molar-refractivity contribution in [1.82, 2.24) is 10.3 Å². The van der Waals surface area contributed by atoms with Gasteiger partial charge >= 0.3 is 0 Å². The predicted octanol–water partition coefficient (Wildman–Crippen LogP) is 4.64. The molecule has 100 valence electrons. The van der Waals surface area contributed by atoms with Crippen LogP contribution in [0.15, 0.2) is 30.3 Å². The highest BCUT2D eigenvalue weighted by atomic mass is 35.5. The van der Waals surface area contributed by atoms with Crippen LogP contribution < -0.4 is 5.32 Å². The summed E-state index contributed by atoms with van der Waals surface area (Å²) in [5.74, 6) is 0. The average Bonchev–Trinajstić information content (AvgIpc) is 2.38. The maximum atomic E-state index is 6.13. The van der Waals surface area contributed by atoms with Crippen LogP contribution in [0.1, 0.15) is 17.0 Å². The molecule has 0 saturated heterocycles. The lowest BCUT2D eigenvalue weighted by molar-refractivity contribution is 0.678. The number of rotatable bonds is 4. The van der Waals surface area contributed by atoms with Gasteiger partial charge in [0.15, 0.2) is 0 Å². The fraction of sp³-hybridized carbons (Fsp3) is 0.214. The minimum Gasteiger partial charge on any atom is -0.307 e. The molecule has 0 unspecified atom stereocenters. The first-order chi connectivity index (χ1) is 9.08. The van der Waals surface area contributed by atoms with Crippen LogP contribution in [0, 0.1) is 6.92 Å². The summed E-state index contributed by atoms with van der Waals surface area (Å²) in [6.07, 6.45) is 0. The molecule has 0 saturated carbocycles. The highest BCUT2D eigenvalue weighted by molar-refractivity contribution is 6.44. The van der Waals surface area contributed by atoms with Crippen LogP contribution in [0.25, 0.3) is 0 Å². The topological polar surface area (TPSA) is 24.9 Å². The van der Waals surface area contributed by atoms with Crippen molar-refractivity contribution in [3.8, 4) is 0 Å². The molecule has 1 aromatic carbocycles. The second kappa shape index (κ2) is 6.58. The van der Waals surface area contributed by atoms with E-state index < -0.39 is 0 Å². The number of benzene rings is 1. The third kappa shape index (κ3) is 3.83. The first-order valence-corrected chi connectivity index (χ1v) is 6.97. The molecular weight excluding hydrogens is 303 g/mol. The maximum Gasteiger partial charge on any atom is 0.0652 e. The molecule has 2 rings (SSSR count). The molecule has 0 spiro atoms. The zero-order chi connectivity index (χ0) is 13.8. The van der Waals surface area contributed by atoms with Gasteiger partial charge in [0.05, 0.1) is 15.7 Å². The molecule has 5 heteroatoms. The molecule has 2 aromatic rings. The third-order valence-electron chi connectivity index (χ3n) is 2.69. The van der Waals surface area contributed by atoms with Gasteiger partial charge in [0.1, 0.15) is 0 Å². The number of nitrogens with one attached hydrogen (secondary N) is 1. The van der Waals surface area contributed by atoms with E-state index in [2.05, 4.69) is 10.3 Å². The van der Waals surface area contributed by atoms with Crippen LogP contribution >= 0.6 is 34.8 Å². The Bertz CT molecular complexity index is 585. The minimum atomic E-state index is 0.499. The largest absolute Gasteiger partial charge is 0.307 e. The molecule has 19 heavy (non-hydrogen) atoms. The number of aryl methyl sites for hydroxylation is 1. The first-order valence-electron chi connectivity index (χ1n) is 5.83. The summed E-state index contributed by atoms with van der Waals surface area (Å²) in [6.45, 7) is 3.17. The summed E-state index contributed by atoms with van der Waals surface area (Å²) < 4.78 is 0. The lowest BCUT2D eigenvalue weighted by Gasteiger charge is -2.10. The standard InChI is InChI=1S/C14H13Cl3N2/c1-9-3-2-4-10(19-9)7-18-8-11-12(15)5-6-13(16)14(11)17/h2-6,18H,7-8H2,1H3. The van der Waals surface area contributed by atoms with E-state index in [4.69, 9.17) is 34.8 Å². The number of hydrogen-bond donors (Lipinski definition) is 1. The summed E-state index contributed by atoms with van der Waals surface area (Å²) in [5, 5.41) is 4.88. The number of nitrogens with zero attached hydrogens (tertiary/aromatic N) is 1. The van der Waals surface area contributed by atoms with Crippen molar-refractivity contribution in [1.29, 1.82) is 0 Å². The van der Waals surface area contributed by atoms with Crippen LogP contribution in [-0.4, -0.2) is 4.98 Å². The van der Waals surface area contributed by atoms with Crippen molar-refractivity contribution in [2.24, 2.45) is 0 Å². The zero-order valence-electron chi connectivity index (χ0n) is 10.4. The highest BCUT2D eigenvalue weighted by Gasteiger charge is 2.09. The number of aromatic nitrogens is 1. The Kier molecular flexibility index (Phi) is 5.06. The summed E-state index contributed by atoms with van der Waals surface area (Å²) in [7, 11) is 0. The normalized spacial score (nSPS) is 10.7. The Labute approximate surface area is 127 Å². The summed E-state index contributed by atoms with van der Waals surface area (Å²) in [4.78, 5) is 4.41. The van der Waals surface area contributed by atoms with Crippen molar-refractivity contribution in [2.75, 3.05) is 0 Å². The van der Waals surface area contributed by atoms with Gasteiger partial charge in [0, 0.05) is 29.4 Å². The minimum absolute atomic E-state index is 0.499. The van der Waals surface area contributed by atoms with Crippen LogP contribution in [0.5, 0.6) is 0 Å². The molecule has 0 aliphatic heterocycles. The van der Waals surface area contributed by atoms with Gasteiger partial charge in [-0.25, -0.2) is 0 Å². The van der Waals surface area contributed by atoms with Gasteiger partial charge in [-0.2, -0.15) is 0 Å². The lowest BCUT2D eigenvalue weighted by Crippen LogP contribution is -2.14. The molecule has 0 amide bonds. The van der Waals surface area contributed by atoms with Crippen LogP contribution in [0.3, 0.4) is 0 Å². The number of pyridine rings is 1. The van der Waals surface area contributed by atoms with Crippen LogP contribution in [-0.2, 0) is 13.1 Å². The monoisotopic (exact) mass is 314 g/mol. The summed E-state index contributed by atoms with van der Waals surface area (Å²) >= 11 is 18.2. The molecule has 0 aliphatic rings. The average molecular weight is 316 g/mol. The van der Waals surface area contributed by atoms with Crippen molar-refractivity contribution in [3.63, 3.8) is 0 Å². The quantitative estimate of drug-likeness (QED) is 0.831. The molecule has 0 atom stereocenters. The van der Waals surface area contributed by atoms with Gasteiger partial charge in [0.2, 0.25) is 0 Å². The number of hydrogen-bond acceptors (Lipinski definition) is 2. The van der Waals surface area contributed by atoms with E-state index in [1.807, 2.05) is 25.1 Å². The van der Waals surface area contributed by atoms with Gasteiger partial charge in [0.25, 0.3) is 0 Å². The van der Waals surface area contributed by atoms with Crippen molar-refractivity contribution < 1.29 is 0 Å². The van der Waals surface area contributed by atoms with E-state index in [1.54, 1.807) is 12.1 Å². The van der Waals surface area contributed by atoms with Gasteiger partial charge in [-0.1, -0.05) is 40.9 Å². The van der Waals surface area contributed by atoms with Crippen molar-refractivity contribution in [2.45, 2.75) is 20.0 Å². The van der Waals surface area contributed by atoms with E-state index in [-0.39, 0.29) is 0 Å². The zero-order valence-corrected chi connectivity index (χ0v) is 12.6. The number of halogens is 3. The molecule has 1 heterocycles. The Morgan fingerprint density at radius 2 is 1.74 bits per heavy atom. The second-order valence-corrected chi connectivity index (χ2v) is 5.39. The first kappa shape index (κ1) is 14.6. The molecule has 1 aromatic heterocycles. The molecule has 0 fully saturated rings. The third-order valence-corrected chi connectivity index (χ3v) is 3.89. The smallest absolute Gasteiger partial charge is 0.0652 e. The van der Waals surface area contributed by atoms with Gasteiger partial charge in [-0.15, -0.1) is 0 Å². The van der Waals surface area contributed by atoms with Gasteiger partial charge in [-0.05, 0) is 31.2 Å². The Balaban J connectivity index is 2.02. The summed E-state index contributed by atoms with van der Waals surface area (Å²) in [6, 6.07) is 9.36. The molecular formula is C14H13Cl3N2. The molecule has 2 nitrogen and oxygen atoms in total. The SMILES string of the molecule is Cc1cccc(CNCc2c(Cl)ccc(Cl)c2Cl)n1.